The molecule has 2 N–H and O–H groups in total. The second kappa shape index (κ2) is 8.87. The molecule has 6 nitrogen and oxygen atoms in total. The highest BCUT2D eigenvalue weighted by molar-refractivity contribution is 5.94. The van der Waals surface area contributed by atoms with Gasteiger partial charge in [0.15, 0.2) is 0 Å². The van der Waals surface area contributed by atoms with Crippen LogP contribution in [0.25, 0.3) is 0 Å². The van der Waals surface area contributed by atoms with Crippen LogP contribution >= 0.6 is 0 Å². The summed E-state index contributed by atoms with van der Waals surface area (Å²) in [6, 6.07) is 13.9. The largest absolute Gasteiger partial charge is 0.493 e. The van der Waals surface area contributed by atoms with Crippen LogP contribution in [0.5, 0.6) is 5.75 Å². The van der Waals surface area contributed by atoms with Crippen molar-refractivity contribution in [3.63, 3.8) is 0 Å². The molecule has 1 aromatic heterocycles. The summed E-state index contributed by atoms with van der Waals surface area (Å²) in [6.07, 6.45) is 7.49. The summed E-state index contributed by atoms with van der Waals surface area (Å²) in [6.45, 7) is 0.572. The summed E-state index contributed by atoms with van der Waals surface area (Å²) >= 11 is 0. The maximum absolute atomic E-state index is 13.6. The topological polar surface area (TPSA) is 74.7 Å². The Bertz CT molecular complexity index is 1130. The van der Waals surface area contributed by atoms with Gasteiger partial charge in [-0.25, -0.2) is 9.18 Å². The number of aromatic nitrogens is 1. The number of hydrogen-bond acceptors (Lipinski definition) is 5. The van der Waals surface area contributed by atoms with Gasteiger partial charge in [0, 0.05) is 42.2 Å². The van der Waals surface area contributed by atoms with E-state index in [0.29, 0.717) is 12.3 Å². The highest BCUT2D eigenvalue weighted by Gasteiger charge is 2.20. The Balaban J connectivity index is 1.52. The van der Waals surface area contributed by atoms with Crippen LogP contribution in [0.2, 0.25) is 0 Å². The number of rotatable bonds is 6. The number of benzene rings is 2. The molecule has 2 aromatic carbocycles. The molecule has 0 radical (unpaired) electrons. The van der Waals surface area contributed by atoms with Crippen LogP contribution in [0.1, 0.15) is 28.3 Å². The molecule has 3 aromatic rings. The first-order chi connectivity index (χ1) is 15.0. The number of carboxylic acid groups (broad SMARTS) is 1. The van der Waals surface area contributed by atoms with Crippen molar-refractivity contribution >= 4 is 23.0 Å². The molecule has 0 amide bonds. The lowest BCUT2D eigenvalue weighted by Crippen LogP contribution is -2.15. The average Bonchev–Trinajstić information content (AvgIpc) is 2.78. The Kier molecular flexibility index (Phi) is 5.84. The third-order valence-electron chi connectivity index (χ3n) is 5.28. The van der Waals surface area contributed by atoms with Gasteiger partial charge in [0.05, 0.1) is 24.1 Å². The van der Waals surface area contributed by atoms with E-state index in [1.54, 1.807) is 12.3 Å². The van der Waals surface area contributed by atoms with Gasteiger partial charge in [-0.3, -0.25) is 4.98 Å². The lowest BCUT2D eigenvalue weighted by atomic mass is 9.92. The fraction of sp³-hybridized carbons (Fsp3) is 0.167. The summed E-state index contributed by atoms with van der Waals surface area (Å²) in [7, 11) is 1.88. The van der Waals surface area contributed by atoms with Gasteiger partial charge < -0.3 is 20.1 Å². The van der Waals surface area contributed by atoms with Gasteiger partial charge in [0.25, 0.3) is 0 Å². The smallest absolute Gasteiger partial charge is 0.337 e. The standard InChI is InChI=1S/C24H22FN3O3/c1-28(18-4-2-3-17(25)13-18)19-5-6-20-16(9-12-31-23(20)14-19)7-11-27-22-15-26-10-8-21(22)24(29)30/h2-8,10-11,13-16,27H,9,12H2,1H3,(H,29,30)/b11-7+. The minimum absolute atomic E-state index is 0.120. The van der Waals surface area contributed by atoms with E-state index < -0.39 is 5.97 Å². The number of pyridine rings is 1. The molecule has 0 saturated carbocycles. The molecule has 2 heterocycles. The Labute approximate surface area is 179 Å². The highest BCUT2D eigenvalue weighted by atomic mass is 19.1. The first-order valence-corrected chi connectivity index (χ1v) is 9.89. The van der Waals surface area contributed by atoms with Crippen LogP contribution in [0.15, 0.2) is 73.2 Å². The number of fused-ring (bicyclic) bond motifs is 1. The van der Waals surface area contributed by atoms with Crippen molar-refractivity contribution in [1.29, 1.82) is 0 Å². The fourth-order valence-corrected chi connectivity index (χ4v) is 3.60. The number of halogens is 1. The molecule has 158 valence electrons. The molecule has 1 aliphatic heterocycles. The van der Waals surface area contributed by atoms with E-state index in [9.17, 15) is 14.3 Å². The van der Waals surface area contributed by atoms with Crippen LogP contribution in [0, 0.1) is 5.82 Å². The molecule has 0 fully saturated rings. The Morgan fingerprint density at radius 1 is 1.26 bits per heavy atom. The number of anilines is 3. The van der Waals surface area contributed by atoms with Gasteiger partial charge in [0.2, 0.25) is 0 Å². The molecule has 1 atom stereocenters. The zero-order valence-corrected chi connectivity index (χ0v) is 17.0. The lowest BCUT2D eigenvalue weighted by molar-refractivity contribution is 0.0698. The first kappa shape index (κ1) is 20.4. The van der Waals surface area contributed by atoms with Crippen LogP contribution in [0.3, 0.4) is 0 Å². The number of aromatic carboxylic acids is 1. The van der Waals surface area contributed by atoms with Crippen molar-refractivity contribution in [1.82, 2.24) is 4.98 Å². The minimum atomic E-state index is -1.01. The summed E-state index contributed by atoms with van der Waals surface area (Å²) in [5, 5.41) is 12.3. The second-order valence-electron chi connectivity index (χ2n) is 7.23. The van der Waals surface area contributed by atoms with Crippen LogP contribution < -0.4 is 15.0 Å². The van der Waals surface area contributed by atoms with Crippen molar-refractivity contribution in [3.05, 3.63) is 90.1 Å². The number of nitrogens with zero attached hydrogens (tertiary/aromatic N) is 2. The fourth-order valence-electron chi connectivity index (χ4n) is 3.60. The third kappa shape index (κ3) is 4.50. The molecule has 0 aliphatic carbocycles. The Morgan fingerprint density at radius 2 is 2.10 bits per heavy atom. The first-order valence-electron chi connectivity index (χ1n) is 9.89. The number of carboxylic acids is 1. The van der Waals surface area contributed by atoms with Crippen LogP contribution in [-0.4, -0.2) is 29.7 Å². The lowest BCUT2D eigenvalue weighted by Gasteiger charge is -2.27. The molecule has 1 aliphatic rings. The number of ether oxygens (including phenoxy) is 1. The molecular weight excluding hydrogens is 397 g/mol. The second-order valence-corrected chi connectivity index (χ2v) is 7.23. The van der Waals surface area contributed by atoms with Crippen LogP contribution in [-0.2, 0) is 0 Å². The zero-order valence-electron chi connectivity index (χ0n) is 17.0. The summed E-state index contributed by atoms with van der Waals surface area (Å²) in [4.78, 5) is 17.2. The van der Waals surface area contributed by atoms with E-state index in [1.807, 2.05) is 42.3 Å². The molecule has 31 heavy (non-hydrogen) atoms. The van der Waals surface area contributed by atoms with Gasteiger partial charge in [-0.1, -0.05) is 18.2 Å². The van der Waals surface area contributed by atoms with Crippen molar-refractivity contribution in [2.75, 3.05) is 23.9 Å². The number of nitrogens with one attached hydrogen (secondary N) is 1. The SMILES string of the molecule is CN(c1cccc(F)c1)c1ccc2c(c1)OCCC2/C=C/Nc1cnccc1C(=O)O. The summed E-state index contributed by atoms with van der Waals surface area (Å²) < 4.78 is 19.5. The van der Waals surface area contributed by atoms with Gasteiger partial charge >= 0.3 is 5.97 Å². The molecule has 4 rings (SSSR count). The molecular formula is C24H22FN3O3. The zero-order chi connectivity index (χ0) is 21.8. The molecule has 0 spiro atoms. The predicted octanol–water partition coefficient (Wildman–Crippen LogP) is 5.18. The molecule has 1 unspecified atom stereocenters. The van der Waals surface area contributed by atoms with Gasteiger partial charge in [-0.2, -0.15) is 0 Å². The Hall–Kier alpha value is -3.87. The maximum atomic E-state index is 13.6. The molecule has 7 heteroatoms. The molecule has 0 saturated heterocycles. The van der Waals surface area contributed by atoms with Crippen molar-refractivity contribution in [2.24, 2.45) is 0 Å². The molecule has 0 bridgehead atoms. The Morgan fingerprint density at radius 3 is 2.90 bits per heavy atom. The van der Waals surface area contributed by atoms with Crippen molar-refractivity contribution < 1.29 is 19.0 Å². The van der Waals surface area contributed by atoms with E-state index in [0.717, 1.165) is 29.1 Å². The van der Waals surface area contributed by atoms with E-state index in [2.05, 4.69) is 10.3 Å². The van der Waals surface area contributed by atoms with E-state index >= 15 is 0 Å². The van der Waals surface area contributed by atoms with Gasteiger partial charge in [-0.05, 0) is 43.0 Å². The number of carbonyl (C=O) groups is 1. The van der Waals surface area contributed by atoms with Crippen molar-refractivity contribution in [2.45, 2.75) is 12.3 Å². The van der Waals surface area contributed by atoms with Crippen molar-refractivity contribution in [3.8, 4) is 5.75 Å². The maximum Gasteiger partial charge on any atom is 0.337 e. The van der Waals surface area contributed by atoms with E-state index in [1.165, 1.54) is 30.6 Å². The number of hydrogen-bond donors (Lipinski definition) is 2. The highest BCUT2D eigenvalue weighted by Crippen LogP contribution is 2.38. The monoisotopic (exact) mass is 419 g/mol. The van der Waals surface area contributed by atoms with E-state index in [-0.39, 0.29) is 17.3 Å². The summed E-state index contributed by atoms with van der Waals surface area (Å²) in [5.41, 5.74) is 3.30. The van der Waals surface area contributed by atoms with Gasteiger partial charge in [-0.15, -0.1) is 0 Å². The van der Waals surface area contributed by atoms with Gasteiger partial charge in [0.1, 0.15) is 11.6 Å². The predicted molar refractivity (Wildman–Crippen MR) is 118 cm³/mol. The third-order valence-corrected chi connectivity index (χ3v) is 5.28. The normalized spacial score (nSPS) is 15.2. The van der Waals surface area contributed by atoms with E-state index in [4.69, 9.17) is 4.74 Å². The average molecular weight is 419 g/mol. The number of allylic oxidation sites excluding steroid dienone is 1. The quantitative estimate of drug-likeness (QED) is 0.574. The summed E-state index contributed by atoms with van der Waals surface area (Å²) in [5.74, 6) is -0.385. The minimum Gasteiger partial charge on any atom is -0.493 e. The van der Waals surface area contributed by atoms with Crippen LogP contribution in [0.4, 0.5) is 21.5 Å².